The summed E-state index contributed by atoms with van der Waals surface area (Å²) in [6.45, 7) is 1.43. The van der Waals surface area contributed by atoms with Gasteiger partial charge in [-0.2, -0.15) is 0 Å². The van der Waals surface area contributed by atoms with Gasteiger partial charge in [0.05, 0.1) is 17.4 Å². The number of rotatable bonds is 4. The fraction of sp³-hybridized carbons (Fsp3) is 0.0714. The fourth-order valence-corrected chi connectivity index (χ4v) is 1.80. The molecule has 0 spiro atoms. The molecular weight excluding hydrogens is 274 g/mol. The Bertz CT molecular complexity index is 658. The molecule has 1 amide bonds. The second-order valence-corrected chi connectivity index (χ2v) is 4.46. The maximum atomic E-state index is 11.2. The summed E-state index contributed by atoms with van der Waals surface area (Å²) in [5, 5.41) is 2.69. The molecule has 20 heavy (non-hydrogen) atoms. The van der Waals surface area contributed by atoms with Crippen LogP contribution in [0.3, 0.4) is 0 Å². The van der Waals surface area contributed by atoms with Gasteiger partial charge in [-0.1, -0.05) is 24.4 Å². The van der Waals surface area contributed by atoms with E-state index in [0.717, 1.165) is 0 Å². The predicted octanol–water partition coefficient (Wildman–Crippen LogP) is 2.47. The first-order valence-electron chi connectivity index (χ1n) is 5.86. The molecule has 2 aromatic rings. The molecular formula is C14H13N3O2S. The van der Waals surface area contributed by atoms with Crippen molar-refractivity contribution in [2.24, 2.45) is 5.73 Å². The van der Waals surface area contributed by atoms with E-state index >= 15 is 0 Å². The third-order valence-electron chi connectivity index (χ3n) is 2.47. The van der Waals surface area contributed by atoms with Crippen LogP contribution < -0.4 is 15.8 Å². The lowest BCUT2D eigenvalue weighted by atomic mass is 10.2. The number of aromatic nitrogens is 1. The van der Waals surface area contributed by atoms with Gasteiger partial charge < -0.3 is 15.8 Å². The van der Waals surface area contributed by atoms with E-state index in [-0.39, 0.29) is 10.9 Å². The van der Waals surface area contributed by atoms with Crippen LogP contribution in [0.2, 0.25) is 0 Å². The summed E-state index contributed by atoms with van der Waals surface area (Å²) in [4.78, 5) is 15.4. The lowest BCUT2D eigenvalue weighted by Gasteiger charge is -2.13. The second kappa shape index (κ2) is 6.12. The summed E-state index contributed by atoms with van der Waals surface area (Å²) >= 11 is 4.97. The Morgan fingerprint density at radius 2 is 2.05 bits per heavy atom. The normalized spacial score (nSPS) is 9.85. The number of amides is 1. The van der Waals surface area contributed by atoms with Gasteiger partial charge in [0, 0.05) is 13.1 Å². The summed E-state index contributed by atoms with van der Waals surface area (Å²) < 4.78 is 5.76. The second-order valence-electron chi connectivity index (χ2n) is 4.02. The number of benzene rings is 1. The van der Waals surface area contributed by atoms with Crippen LogP contribution in [0.25, 0.3) is 0 Å². The summed E-state index contributed by atoms with van der Waals surface area (Å²) in [5.41, 5.74) is 6.80. The largest absolute Gasteiger partial charge is 0.453 e. The van der Waals surface area contributed by atoms with Gasteiger partial charge in [0.25, 0.3) is 0 Å². The van der Waals surface area contributed by atoms with Gasteiger partial charge in [-0.25, -0.2) is 0 Å². The minimum atomic E-state index is -0.179. The van der Waals surface area contributed by atoms with Crippen molar-refractivity contribution in [3.63, 3.8) is 0 Å². The van der Waals surface area contributed by atoms with E-state index < -0.39 is 0 Å². The van der Waals surface area contributed by atoms with Crippen LogP contribution in [0.15, 0.2) is 42.7 Å². The van der Waals surface area contributed by atoms with Crippen LogP contribution in [-0.4, -0.2) is 15.9 Å². The Morgan fingerprint density at radius 3 is 2.75 bits per heavy atom. The van der Waals surface area contributed by atoms with Gasteiger partial charge >= 0.3 is 0 Å². The Balaban J connectivity index is 2.35. The van der Waals surface area contributed by atoms with Crippen molar-refractivity contribution in [1.29, 1.82) is 0 Å². The Morgan fingerprint density at radius 1 is 1.30 bits per heavy atom. The van der Waals surface area contributed by atoms with Crippen LogP contribution in [0, 0.1) is 0 Å². The van der Waals surface area contributed by atoms with Gasteiger partial charge in [0.15, 0.2) is 11.5 Å². The van der Waals surface area contributed by atoms with Crippen LogP contribution in [0.1, 0.15) is 12.5 Å². The lowest BCUT2D eigenvalue weighted by molar-refractivity contribution is -0.114. The standard InChI is InChI=1S/C14H13N3O2S/c1-9(18)17-11-4-2-3-5-12(11)19-13-8-16-7-6-10(13)14(15)20/h2-8H,1H3,(H2,15,20)(H,17,18). The third kappa shape index (κ3) is 3.30. The van der Waals surface area contributed by atoms with Gasteiger partial charge in [-0.05, 0) is 18.2 Å². The van der Waals surface area contributed by atoms with Gasteiger partial charge in [0.2, 0.25) is 5.91 Å². The van der Waals surface area contributed by atoms with E-state index in [1.807, 2.05) is 0 Å². The fourth-order valence-electron chi connectivity index (χ4n) is 1.63. The van der Waals surface area contributed by atoms with Crippen LogP contribution in [0.4, 0.5) is 5.69 Å². The third-order valence-corrected chi connectivity index (χ3v) is 2.69. The topological polar surface area (TPSA) is 77.2 Å². The van der Waals surface area contributed by atoms with Crippen molar-refractivity contribution in [2.45, 2.75) is 6.92 Å². The highest BCUT2D eigenvalue weighted by molar-refractivity contribution is 7.80. The highest BCUT2D eigenvalue weighted by Gasteiger charge is 2.10. The van der Waals surface area contributed by atoms with Crippen LogP contribution >= 0.6 is 12.2 Å². The molecule has 6 heteroatoms. The molecule has 0 aliphatic carbocycles. The number of hydrogen-bond donors (Lipinski definition) is 2. The molecule has 2 rings (SSSR count). The number of nitrogens with one attached hydrogen (secondary N) is 1. The number of anilines is 1. The highest BCUT2D eigenvalue weighted by atomic mass is 32.1. The molecule has 0 saturated heterocycles. The molecule has 1 aromatic carbocycles. The lowest BCUT2D eigenvalue weighted by Crippen LogP contribution is -2.11. The van der Waals surface area contributed by atoms with Gasteiger partial charge in [-0.15, -0.1) is 0 Å². The maximum Gasteiger partial charge on any atom is 0.221 e. The average molecular weight is 287 g/mol. The minimum absolute atomic E-state index is 0.179. The summed E-state index contributed by atoms with van der Waals surface area (Å²) in [5.74, 6) is 0.757. The molecule has 1 aromatic heterocycles. The molecule has 1 heterocycles. The highest BCUT2D eigenvalue weighted by Crippen LogP contribution is 2.30. The number of ether oxygens (including phenoxy) is 1. The summed E-state index contributed by atoms with van der Waals surface area (Å²) in [6, 6.07) is 8.77. The first kappa shape index (κ1) is 14.0. The molecule has 0 aliphatic rings. The average Bonchev–Trinajstić information content (AvgIpc) is 2.41. The quantitative estimate of drug-likeness (QED) is 0.845. The van der Waals surface area contributed by atoms with Crippen molar-refractivity contribution in [2.75, 3.05) is 5.32 Å². The van der Waals surface area contributed by atoms with E-state index in [2.05, 4.69) is 10.3 Å². The molecule has 0 radical (unpaired) electrons. The van der Waals surface area contributed by atoms with E-state index in [4.69, 9.17) is 22.7 Å². The minimum Gasteiger partial charge on any atom is -0.453 e. The van der Waals surface area contributed by atoms with Crippen molar-refractivity contribution in [3.8, 4) is 11.5 Å². The summed E-state index contributed by atoms with van der Waals surface area (Å²) in [6.07, 6.45) is 3.11. The number of hydrogen-bond acceptors (Lipinski definition) is 4. The molecule has 102 valence electrons. The Kier molecular flexibility index (Phi) is 4.27. The molecule has 0 atom stereocenters. The van der Waals surface area contributed by atoms with Gasteiger partial charge in [-0.3, -0.25) is 9.78 Å². The zero-order valence-corrected chi connectivity index (χ0v) is 11.6. The SMILES string of the molecule is CC(=O)Nc1ccccc1Oc1cnccc1C(N)=S. The van der Waals surface area contributed by atoms with Crippen LogP contribution in [0.5, 0.6) is 11.5 Å². The molecule has 0 bridgehead atoms. The molecule has 5 nitrogen and oxygen atoms in total. The molecule has 3 N–H and O–H groups in total. The molecule has 0 unspecified atom stereocenters. The van der Waals surface area contributed by atoms with E-state index in [9.17, 15) is 4.79 Å². The van der Waals surface area contributed by atoms with Crippen molar-refractivity contribution in [3.05, 3.63) is 48.3 Å². The van der Waals surface area contributed by atoms with E-state index in [1.54, 1.807) is 36.5 Å². The number of nitrogens with zero attached hydrogens (tertiary/aromatic N) is 1. The maximum absolute atomic E-state index is 11.2. The Labute approximate surface area is 121 Å². The number of nitrogens with two attached hydrogens (primary N) is 1. The number of carbonyl (C=O) groups is 1. The first-order valence-corrected chi connectivity index (χ1v) is 6.27. The molecule has 0 saturated carbocycles. The van der Waals surface area contributed by atoms with E-state index in [1.165, 1.54) is 13.1 Å². The van der Waals surface area contributed by atoms with Gasteiger partial charge in [0.1, 0.15) is 4.99 Å². The van der Waals surface area contributed by atoms with E-state index in [0.29, 0.717) is 22.7 Å². The van der Waals surface area contributed by atoms with Crippen molar-refractivity contribution >= 4 is 28.8 Å². The van der Waals surface area contributed by atoms with Crippen molar-refractivity contribution < 1.29 is 9.53 Å². The monoisotopic (exact) mass is 287 g/mol. The zero-order chi connectivity index (χ0) is 14.5. The number of carbonyl (C=O) groups excluding carboxylic acids is 1. The molecule has 0 aliphatic heterocycles. The molecule has 0 fully saturated rings. The zero-order valence-electron chi connectivity index (χ0n) is 10.8. The van der Waals surface area contributed by atoms with Crippen LogP contribution in [-0.2, 0) is 4.79 Å². The Hall–Kier alpha value is -2.47. The predicted molar refractivity (Wildman–Crippen MR) is 80.9 cm³/mol. The van der Waals surface area contributed by atoms with Crippen molar-refractivity contribution in [1.82, 2.24) is 4.98 Å². The summed E-state index contributed by atoms with van der Waals surface area (Å²) in [7, 11) is 0. The number of pyridine rings is 1. The number of thiocarbonyl (C=S) groups is 1. The number of para-hydroxylation sites is 2. The first-order chi connectivity index (χ1) is 9.58. The smallest absolute Gasteiger partial charge is 0.221 e.